The molecular weight excluding hydrogens is 400 g/mol. The molecule has 162 valence electrons. The van der Waals surface area contributed by atoms with Gasteiger partial charge in [-0.05, 0) is 62.9 Å². The highest BCUT2D eigenvalue weighted by atomic mass is 32.2. The van der Waals surface area contributed by atoms with Crippen LogP contribution in [0.4, 0.5) is 0 Å². The highest BCUT2D eigenvalue weighted by molar-refractivity contribution is 7.89. The molecule has 1 saturated heterocycles. The van der Waals surface area contributed by atoms with Gasteiger partial charge in [0.15, 0.2) is 0 Å². The summed E-state index contributed by atoms with van der Waals surface area (Å²) in [5, 5.41) is 2.87. The number of nitrogens with one attached hydrogen (secondary N) is 1. The highest BCUT2D eigenvalue weighted by Gasteiger charge is 2.28. The minimum Gasteiger partial charge on any atom is -0.491 e. The first-order valence-corrected chi connectivity index (χ1v) is 11.8. The summed E-state index contributed by atoms with van der Waals surface area (Å²) in [6.07, 6.45) is 1.72. The maximum absolute atomic E-state index is 12.9. The van der Waals surface area contributed by atoms with Crippen molar-refractivity contribution in [2.75, 3.05) is 19.7 Å². The van der Waals surface area contributed by atoms with Crippen molar-refractivity contribution in [2.24, 2.45) is 5.92 Å². The van der Waals surface area contributed by atoms with E-state index < -0.39 is 10.0 Å². The number of rotatable bonds is 7. The van der Waals surface area contributed by atoms with Crippen LogP contribution in [0.15, 0.2) is 53.4 Å². The molecule has 0 aromatic heterocycles. The summed E-state index contributed by atoms with van der Waals surface area (Å²) in [6, 6.07) is 13.7. The van der Waals surface area contributed by atoms with Crippen LogP contribution in [0.2, 0.25) is 0 Å². The monoisotopic (exact) mass is 430 g/mol. The smallest absolute Gasteiger partial charge is 0.251 e. The zero-order valence-corrected chi connectivity index (χ0v) is 18.6. The maximum atomic E-state index is 12.9. The Morgan fingerprint density at radius 2 is 1.83 bits per heavy atom. The van der Waals surface area contributed by atoms with Crippen molar-refractivity contribution in [3.63, 3.8) is 0 Å². The minimum absolute atomic E-state index is 0.160. The van der Waals surface area contributed by atoms with Crippen LogP contribution in [-0.2, 0) is 10.0 Å². The highest BCUT2D eigenvalue weighted by Crippen LogP contribution is 2.24. The van der Waals surface area contributed by atoms with E-state index in [4.69, 9.17) is 4.74 Å². The zero-order chi connectivity index (χ0) is 21.7. The van der Waals surface area contributed by atoms with Gasteiger partial charge in [0.1, 0.15) is 12.4 Å². The van der Waals surface area contributed by atoms with E-state index in [2.05, 4.69) is 12.2 Å². The van der Waals surface area contributed by atoms with Gasteiger partial charge >= 0.3 is 0 Å². The van der Waals surface area contributed by atoms with Gasteiger partial charge in [-0.3, -0.25) is 4.79 Å². The molecule has 0 unspecified atom stereocenters. The summed E-state index contributed by atoms with van der Waals surface area (Å²) in [4.78, 5) is 12.8. The number of amides is 1. The van der Waals surface area contributed by atoms with Crippen LogP contribution >= 0.6 is 0 Å². The number of nitrogens with zero attached hydrogens (tertiary/aromatic N) is 1. The third-order valence-electron chi connectivity index (χ3n) is 5.38. The van der Waals surface area contributed by atoms with Crippen LogP contribution in [0.1, 0.15) is 42.6 Å². The third-order valence-corrected chi connectivity index (χ3v) is 7.27. The Balaban J connectivity index is 1.61. The number of hydrogen-bond donors (Lipinski definition) is 1. The number of piperidine rings is 1. The van der Waals surface area contributed by atoms with Gasteiger partial charge in [-0.15, -0.1) is 0 Å². The van der Waals surface area contributed by atoms with E-state index in [-0.39, 0.29) is 16.8 Å². The average molecular weight is 431 g/mol. The molecule has 3 rings (SSSR count). The zero-order valence-electron chi connectivity index (χ0n) is 17.8. The molecule has 0 bridgehead atoms. The third kappa shape index (κ3) is 5.61. The molecule has 1 atom stereocenters. The second-order valence-electron chi connectivity index (χ2n) is 8.11. The molecule has 0 spiro atoms. The number of sulfonamides is 1. The number of benzene rings is 2. The van der Waals surface area contributed by atoms with Crippen LogP contribution in [-0.4, -0.2) is 44.4 Å². The molecule has 0 saturated carbocycles. The van der Waals surface area contributed by atoms with E-state index >= 15 is 0 Å². The number of carbonyl (C=O) groups is 1. The summed E-state index contributed by atoms with van der Waals surface area (Å²) < 4.78 is 33.1. The van der Waals surface area contributed by atoms with Crippen LogP contribution in [0.5, 0.6) is 5.75 Å². The largest absolute Gasteiger partial charge is 0.491 e. The fourth-order valence-corrected chi connectivity index (χ4v) is 4.89. The molecule has 6 nitrogen and oxygen atoms in total. The molecule has 1 amide bonds. The fraction of sp³-hybridized carbons (Fsp3) is 0.435. The molecule has 2 aromatic rings. The van der Waals surface area contributed by atoms with Gasteiger partial charge < -0.3 is 10.1 Å². The normalized spacial score (nSPS) is 16.8. The van der Waals surface area contributed by atoms with Crippen molar-refractivity contribution in [1.82, 2.24) is 9.62 Å². The molecule has 1 N–H and O–H groups in total. The van der Waals surface area contributed by atoms with Crippen molar-refractivity contribution < 1.29 is 17.9 Å². The fourth-order valence-electron chi connectivity index (χ4n) is 3.38. The first-order valence-electron chi connectivity index (χ1n) is 10.4. The molecule has 1 heterocycles. The minimum atomic E-state index is -3.59. The molecule has 0 aliphatic carbocycles. The van der Waals surface area contributed by atoms with E-state index in [1.807, 2.05) is 38.1 Å². The standard InChI is InChI=1S/C23H30N2O4S/c1-17-7-9-21(10-8-17)29-16-19(3)24-23(26)20-5-4-6-22(15-20)30(27,28)25-13-11-18(2)12-14-25/h4-10,15,18-19H,11-14,16H2,1-3H3,(H,24,26)/t19-/m1/s1. The summed E-state index contributed by atoms with van der Waals surface area (Å²) in [6.45, 7) is 7.35. The lowest BCUT2D eigenvalue weighted by Crippen LogP contribution is -2.38. The quantitative estimate of drug-likeness (QED) is 0.728. The Labute approximate surface area is 179 Å². The number of ether oxygens (including phenoxy) is 1. The van der Waals surface area contributed by atoms with Crippen molar-refractivity contribution in [2.45, 2.75) is 44.6 Å². The predicted octanol–water partition coefficient (Wildman–Crippen LogP) is 3.61. The van der Waals surface area contributed by atoms with Crippen molar-refractivity contribution in [1.29, 1.82) is 0 Å². The molecule has 1 aliphatic rings. The number of aryl methyl sites for hydroxylation is 1. The topological polar surface area (TPSA) is 75.7 Å². The first-order chi connectivity index (χ1) is 14.3. The van der Waals surface area contributed by atoms with Gasteiger partial charge in [-0.25, -0.2) is 8.42 Å². The van der Waals surface area contributed by atoms with E-state index in [1.54, 1.807) is 18.2 Å². The lowest BCUT2D eigenvalue weighted by molar-refractivity contribution is 0.0926. The van der Waals surface area contributed by atoms with Crippen LogP contribution in [0.3, 0.4) is 0 Å². The molecule has 1 aliphatic heterocycles. The predicted molar refractivity (Wildman–Crippen MR) is 117 cm³/mol. The van der Waals surface area contributed by atoms with Crippen molar-refractivity contribution in [3.05, 3.63) is 59.7 Å². The Bertz CT molecular complexity index is 965. The van der Waals surface area contributed by atoms with Crippen molar-refractivity contribution in [3.8, 4) is 5.75 Å². The van der Waals surface area contributed by atoms with Crippen LogP contribution < -0.4 is 10.1 Å². The molecule has 2 aromatic carbocycles. The molecule has 0 radical (unpaired) electrons. The SMILES string of the molecule is Cc1ccc(OC[C@@H](C)NC(=O)c2cccc(S(=O)(=O)N3CCC(C)CC3)c2)cc1. The summed E-state index contributed by atoms with van der Waals surface area (Å²) in [5.74, 6) is 0.960. The van der Waals surface area contributed by atoms with Gasteiger partial charge in [-0.2, -0.15) is 4.31 Å². The van der Waals surface area contributed by atoms with E-state index in [0.29, 0.717) is 31.2 Å². The Morgan fingerprint density at radius 3 is 2.50 bits per heavy atom. The van der Waals surface area contributed by atoms with Gasteiger partial charge in [0.25, 0.3) is 5.91 Å². The van der Waals surface area contributed by atoms with Gasteiger partial charge in [0, 0.05) is 18.7 Å². The lowest BCUT2D eigenvalue weighted by Gasteiger charge is -2.29. The Kier molecular flexibility index (Phi) is 7.15. The summed E-state index contributed by atoms with van der Waals surface area (Å²) in [7, 11) is -3.59. The van der Waals surface area contributed by atoms with E-state index in [0.717, 1.165) is 24.2 Å². The first kappa shape index (κ1) is 22.3. The number of hydrogen-bond acceptors (Lipinski definition) is 4. The van der Waals surface area contributed by atoms with Crippen molar-refractivity contribution >= 4 is 15.9 Å². The van der Waals surface area contributed by atoms with Gasteiger partial charge in [-0.1, -0.05) is 30.7 Å². The molecule has 30 heavy (non-hydrogen) atoms. The maximum Gasteiger partial charge on any atom is 0.251 e. The second kappa shape index (κ2) is 9.62. The molecule has 1 fully saturated rings. The van der Waals surface area contributed by atoms with E-state index in [1.165, 1.54) is 10.4 Å². The Morgan fingerprint density at radius 1 is 1.17 bits per heavy atom. The van der Waals surface area contributed by atoms with E-state index in [9.17, 15) is 13.2 Å². The number of carbonyl (C=O) groups excluding carboxylic acids is 1. The van der Waals surface area contributed by atoms with Gasteiger partial charge in [0.2, 0.25) is 10.0 Å². The molecular formula is C23H30N2O4S. The molecule has 7 heteroatoms. The van der Waals surface area contributed by atoms with Crippen LogP contribution in [0, 0.1) is 12.8 Å². The average Bonchev–Trinajstić information content (AvgIpc) is 2.74. The Hall–Kier alpha value is -2.38. The lowest BCUT2D eigenvalue weighted by atomic mass is 10.0. The summed E-state index contributed by atoms with van der Waals surface area (Å²) >= 11 is 0. The van der Waals surface area contributed by atoms with Crippen LogP contribution in [0.25, 0.3) is 0 Å². The summed E-state index contributed by atoms with van der Waals surface area (Å²) in [5.41, 5.74) is 1.47. The van der Waals surface area contributed by atoms with Gasteiger partial charge in [0.05, 0.1) is 10.9 Å². The second-order valence-corrected chi connectivity index (χ2v) is 10.1.